The Bertz CT molecular complexity index is 576. The second-order valence-corrected chi connectivity index (χ2v) is 5.18. The predicted molar refractivity (Wildman–Crippen MR) is 65.4 cm³/mol. The van der Waals surface area contributed by atoms with Gasteiger partial charge < -0.3 is 10.3 Å². The molecule has 0 saturated carbocycles. The van der Waals surface area contributed by atoms with E-state index in [0.717, 1.165) is 6.07 Å². The maximum atomic E-state index is 13.5. The molecule has 0 aliphatic carbocycles. The highest BCUT2D eigenvalue weighted by atomic mass is 19.1. The number of hydrogen-bond donors (Lipinski definition) is 1. The average molecular weight is 267 g/mol. The van der Waals surface area contributed by atoms with Gasteiger partial charge in [0.15, 0.2) is 5.82 Å². The molecule has 0 radical (unpaired) electrons. The van der Waals surface area contributed by atoms with E-state index in [1.807, 2.05) is 13.8 Å². The molecule has 0 aliphatic rings. The van der Waals surface area contributed by atoms with Crippen LogP contribution in [0.3, 0.4) is 0 Å². The van der Waals surface area contributed by atoms with Gasteiger partial charge in [0.05, 0.1) is 0 Å². The summed E-state index contributed by atoms with van der Waals surface area (Å²) in [4.78, 5) is 4.14. The number of aromatic nitrogens is 2. The molecule has 2 aromatic rings. The van der Waals surface area contributed by atoms with Crippen LogP contribution in [0.4, 0.5) is 8.78 Å². The molecule has 102 valence electrons. The SMILES string of the molecule is CC(C)(N)Cc1nc(Cc2ccc(F)cc2F)no1. The Hall–Kier alpha value is -1.82. The minimum absolute atomic E-state index is 0.153. The Morgan fingerprint density at radius 3 is 2.68 bits per heavy atom. The van der Waals surface area contributed by atoms with Crippen molar-refractivity contribution in [3.8, 4) is 0 Å². The first-order chi connectivity index (χ1) is 8.83. The van der Waals surface area contributed by atoms with Gasteiger partial charge in [-0.1, -0.05) is 11.2 Å². The van der Waals surface area contributed by atoms with Crippen LogP contribution in [0.15, 0.2) is 22.7 Å². The summed E-state index contributed by atoms with van der Waals surface area (Å²) < 4.78 is 31.3. The third kappa shape index (κ3) is 3.82. The molecule has 1 aromatic heterocycles. The van der Waals surface area contributed by atoms with E-state index in [-0.39, 0.29) is 6.42 Å². The Balaban J connectivity index is 2.11. The van der Waals surface area contributed by atoms with Crippen LogP contribution in [0.25, 0.3) is 0 Å². The first-order valence-corrected chi connectivity index (χ1v) is 5.88. The summed E-state index contributed by atoms with van der Waals surface area (Å²) in [5.41, 5.74) is 5.71. The van der Waals surface area contributed by atoms with Crippen LogP contribution < -0.4 is 5.73 Å². The average Bonchev–Trinajstić information content (AvgIpc) is 2.67. The molecule has 0 unspecified atom stereocenters. The van der Waals surface area contributed by atoms with Crippen molar-refractivity contribution in [2.45, 2.75) is 32.2 Å². The van der Waals surface area contributed by atoms with Gasteiger partial charge in [0.1, 0.15) is 11.6 Å². The van der Waals surface area contributed by atoms with Crippen LogP contribution in [0, 0.1) is 11.6 Å². The first-order valence-electron chi connectivity index (χ1n) is 5.88. The van der Waals surface area contributed by atoms with Crippen molar-refractivity contribution in [1.82, 2.24) is 10.1 Å². The molecular weight excluding hydrogens is 252 g/mol. The van der Waals surface area contributed by atoms with Crippen molar-refractivity contribution in [2.75, 3.05) is 0 Å². The Labute approximate surface area is 109 Å². The predicted octanol–water partition coefficient (Wildman–Crippen LogP) is 2.22. The van der Waals surface area contributed by atoms with E-state index >= 15 is 0 Å². The summed E-state index contributed by atoms with van der Waals surface area (Å²) in [6.45, 7) is 3.69. The maximum absolute atomic E-state index is 13.5. The highest BCUT2D eigenvalue weighted by molar-refractivity contribution is 5.21. The van der Waals surface area contributed by atoms with Crippen LogP contribution in [-0.4, -0.2) is 15.7 Å². The summed E-state index contributed by atoms with van der Waals surface area (Å²) in [7, 11) is 0. The largest absolute Gasteiger partial charge is 0.339 e. The van der Waals surface area contributed by atoms with Crippen molar-refractivity contribution in [3.05, 3.63) is 47.1 Å². The summed E-state index contributed by atoms with van der Waals surface area (Å²) >= 11 is 0. The van der Waals surface area contributed by atoms with Crippen molar-refractivity contribution in [2.24, 2.45) is 5.73 Å². The van der Waals surface area contributed by atoms with E-state index in [4.69, 9.17) is 10.3 Å². The zero-order chi connectivity index (χ0) is 14.0. The molecule has 6 heteroatoms. The molecule has 1 heterocycles. The van der Waals surface area contributed by atoms with Crippen LogP contribution >= 0.6 is 0 Å². The van der Waals surface area contributed by atoms with E-state index in [1.54, 1.807) is 0 Å². The van der Waals surface area contributed by atoms with Gasteiger partial charge in [-0.2, -0.15) is 4.98 Å². The molecule has 0 spiro atoms. The normalized spacial score (nSPS) is 11.8. The molecule has 19 heavy (non-hydrogen) atoms. The Morgan fingerprint density at radius 2 is 2.05 bits per heavy atom. The third-order valence-corrected chi connectivity index (χ3v) is 2.48. The zero-order valence-corrected chi connectivity index (χ0v) is 10.8. The first kappa shape index (κ1) is 13.6. The number of halogens is 2. The van der Waals surface area contributed by atoms with Gasteiger partial charge >= 0.3 is 0 Å². The van der Waals surface area contributed by atoms with Crippen LogP contribution in [0.5, 0.6) is 0 Å². The molecule has 0 saturated heterocycles. The Kier molecular flexibility index (Phi) is 3.61. The molecular formula is C13H15F2N3O. The van der Waals surface area contributed by atoms with Gasteiger partial charge in [0.25, 0.3) is 0 Å². The minimum atomic E-state index is -0.620. The number of nitrogens with two attached hydrogens (primary N) is 1. The number of benzene rings is 1. The highest BCUT2D eigenvalue weighted by Crippen LogP contribution is 2.14. The zero-order valence-electron chi connectivity index (χ0n) is 10.8. The van der Waals surface area contributed by atoms with Gasteiger partial charge in [-0.3, -0.25) is 0 Å². The quantitative estimate of drug-likeness (QED) is 0.922. The van der Waals surface area contributed by atoms with Gasteiger partial charge in [-0.05, 0) is 25.5 Å². The van der Waals surface area contributed by atoms with E-state index in [0.29, 0.717) is 23.7 Å². The summed E-state index contributed by atoms with van der Waals surface area (Å²) in [5.74, 6) is -0.472. The lowest BCUT2D eigenvalue weighted by molar-refractivity contribution is 0.345. The van der Waals surface area contributed by atoms with Gasteiger partial charge in [-0.25, -0.2) is 8.78 Å². The summed E-state index contributed by atoms with van der Waals surface area (Å²) in [6.07, 6.45) is 0.590. The van der Waals surface area contributed by atoms with Crippen molar-refractivity contribution < 1.29 is 13.3 Å². The van der Waals surface area contributed by atoms with Crippen LogP contribution in [0.1, 0.15) is 31.1 Å². The molecule has 2 N–H and O–H groups in total. The second-order valence-electron chi connectivity index (χ2n) is 5.18. The van der Waals surface area contributed by atoms with Crippen molar-refractivity contribution in [3.63, 3.8) is 0 Å². The standard InChI is InChI=1S/C13H15F2N3O/c1-13(2,16)7-12-17-11(18-19-12)5-8-3-4-9(14)6-10(8)15/h3-4,6H,5,7,16H2,1-2H3. The van der Waals surface area contributed by atoms with E-state index in [9.17, 15) is 8.78 Å². The van der Waals surface area contributed by atoms with E-state index in [1.165, 1.54) is 12.1 Å². The Morgan fingerprint density at radius 1 is 1.32 bits per heavy atom. The smallest absolute Gasteiger partial charge is 0.228 e. The molecule has 0 bridgehead atoms. The monoisotopic (exact) mass is 267 g/mol. The summed E-state index contributed by atoms with van der Waals surface area (Å²) in [5, 5.41) is 3.76. The fourth-order valence-corrected chi connectivity index (χ4v) is 1.66. The molecule has 4 nitrogen and oxygen atoms in total. The molecule has 2 rings (SSSR count). The van der Waals surface area contributed by atoms with Crippen LogP contribution in [-0.2, 0) is 12.8 Å². The number of nitrogens with zero attached hydrogens (tertiary/aromatic N) is 2. The highest BCUT2D eigenvalue weighted by Gasteiger charge is 2.17. The van der Waals surface area contributed by atoms with Crippen molar-refractivity contribution >= 4 is 0 Å². The van der Waals surface area contributed by atoms with E-state index in [2.05, 4.69) is 10.1 Å². The summed E-state index contributed by atoms with van der Waals surface area (Å²) in [6, 6.07) is 3.40. The van der Waals surface area contributed by atoms with Crippen LogP contribution in [0.2, 0.25) is 0 Å². The molecule has 0 atom stereocenters. The van der Waals surface area contributed by atoms with Crippen molar-refractivity contribution in [1.29, 1.82) is 0 Å². The molecule has 0 amide bonds. The maximum Gasteiger partial charge on any atom is 0.228 e. The van der Waals surface area contributed by atoms with Gasteiger partial charge in [0.2, 0.25) is 5.89 Å². The van der Waals surface area contributed by atoms with Gasteiger partial charge in [0, 0.05) is 24.4 Å². The molecule has 0 aliphatic heterocycles. The third-order valence-electron chi connectivity index (χ3n) is 2.48. The molecule has 0 fully saturated rings. The van der Waals surface area contributed by atoms with E-state index < -0.39 is 17.2 Å². The lowest BCUT2D eigenvalue weighted by Gasteiger charge is -2.14. The second kappa shape index (κ2) is 5.05. The lowest BCUT2D eigenvalue weighted by Crippen LogP contribution is -2.34. The number of rotatable bonds is 4. The number of hydrogen-bond acceptors (Lipinski definition) is 4. The minimum Gasteiger partial charge on any atom is -0.339 e. The molecule has 1 aromatic carbocycles. The van der Waals surface area contributed by atoms with Gasteiger partial charge in [-0.15, -0.1) is 0 Å². The lowest BCUT2D eigenvalue weighted by atomic mass is 10.0. The topological polar surface area (TPSA) is 64.9 Å². The fourth-order valence-electron chi connectivity index (χ4n) is 1.66. The fraction of sp³-hybridized carbons (Fsp3) is 0.385.